The molecule has 5 nitrogen and oxygen atoms in total. The second kappa shape index (κ2) is 3.99. The molecule has 0 aromatic heterocycles. The Kier molecular flexibility index (Phi) is 3.91. The Morgan fingerprint density at radius 1 is 1.45 bits per heavy atom. The minimum absolute atomic E-state index is 0.111. The van der Waals surface area contributed by atoms with Crippen LogP contribution in [0.1, 0.15) is 20.8 Å². The molecule has 1 atom stereocenters. The Hall–Kier alpha value is -0.200. The summed E-state index contributed by atoms with van der Waals surface area (Å²) in [6, 6.07) is 0. The first-order valence-corrected chi connectivity index (χ1v) is 3.43. The lowest BCUT2D eigenvalue weighted by Gasteiger charge is -2.37. The number of rotatable bonds is 3. The molecule has 0 amide bonds. The SMILES string of the molecule is CO[N-][NH+](O)N(C)C(C)(C)C. The Labute approximate surface area is 67.4 Å². The van der Waals surface area contributed by atoms with Crippen molar-refractivity contribution in [3.05, 3.63) is 5.59 Å². The van der Waals surface area contributed by atoms with Crippen LogP contribution in [0.15, 0.2) is 0 Å². The van der Waals surface area contributed by atoms with Crippen molar-refractivity contribution in [3.8, 4) is 0 Å². The van der Waals surface area contributed by atoms with Gasteiger partial charge in [-0.3, -0.25) is 5.59 Å². The average molecular weight is 163 g/mol. The van der Waals surface area contributed by atoms with Crippen LogP contribution in [0.5, 0.6) is 0 Å². The third-order valence-corrected chi connectivity index (χ3v) is 1.48. The zero-order chi connectivity index (χ0) is 9.07. The summed E-state index contributed by atoms with van der Waals surface area (Å²) in [5.74, 6) is 0. The molecular weight excluding hydrogens is 146 g/mol. The van der Waals surface area contributed by atoms with Crippen LogP contribution in [0.4, 0.5) is 0 Å². The van der Waals surface area contributed by atoms with Gasteiger partial charge in [0.1, 0.15) is 0 Å². The Bertz CT molecular complexity index is 113. The van der Waals surface area contributed by atoms with Crippen LogP contribution in [0.2, 0.25) is 0 Å². The summed E-state index contributed by atoms with van der Waals surface area (Å²) in [5.41, 5.74) is 3.24. The molecule has 0 heterocycles. The molecule has 0 aliphatic rings. The van der Waals surface area contributed by atoms with Gasteiger partial charge in [-0.15, -0.1) is 5.01 Å². The average Bonchev–Trinajstić information content (AvgIpc) is 1.85. The van der Waals surface area contributed by atoms with Gasteiger partial charge in [-0.25, -0.2) is 5.21 Å². The molecule has 0 aliphatic carbocycles. The van der Waals surface area contributed by atoms with Crippen LogP contribution in [0.25, 0.3) is 5.59 Å². The summed E-state index contributed by atoms with van der Waals surface area (Å²) in [7, 11) is 3.14. The first-order chi connectivity index (χ1) is 4.89. The molecule has 11 heavy (non-hydrogen) atoms. The first-order valence-electron chi connectivity index (χ1n) is 3.43. The summed E-state index contributed by atoms with van der Waals surface area (Å²) in [4.78, 5) is 4.42. The third-order valence-electron chi connectivity index (χ3n) is 1.48. The Morgan fingerprint density at radius 2 is 1.91 bits per heavy atom. The molecule has 68 valence electrons. The fourth-order valence-corrected chi connectivity index (χ4v) is 0.443. The molecule has 2 N–H and O–H groups in total. The number of nitrogens with one attached hydrogen (secondary N) is 1. The first kappa shape index (κ1) is 10.8. The zero-order valence-corrected chi connectivity index (χ0v) is 7.75. The van der Waals surface area contributed by atoms with E-state index in [2.05, 4.69) is 10.4 Å². The lowest BCUT2D eigenvalue weighted by Crippen LogP contribution is -3.13. The fourth-order valence-electron chi connectivity index (χ4n) is 0.443. The van der Waals surface area contributed by atoms with Gasteiger partial charge in [-0.05, 0) is 20.8 Å². The number of hydrogen-bond acceptors (Lipinski definition) is 3. The highest BCUT2D eigenvalue weighted by Gasteiger charge is 2.22. The molecular formula is C6H17N3O2. The van der Waals surface area contributed by atoms with Gasteiger partial charge in [0.05, 0.1) is 5.54 Å². The molecule has 0 saturated heterocycles. The second-order valence-corrected chi connectivity index (χ2v) is 3.30. The van der Waals surface area contributed by atoms with Crippen molar-refractivity contribution in [2.24, 2.45) is 0 Å². The van der Waals surface area contributed by atoms with Crippen LogP contribution < -0.4 is 5.28 Å². The van der Waals surface area contributed by atoms with Crippen molar-refractivity contribution >= 4 is 0 Å². The van der Waals surface area contributed by atoms with E-state index in [4.69, 9.17) is 0 Å². The zero-order valence-electron chi connectivity index (χ0n) is 7.75. The van der Waals surface area contributed by atoms with E-state index in [1.807, 2.05) is 20.8 Å². The molecule has 0 aromatic carbocycles. The molecule has 0 rings (SSSR count). The molecule has 0 bridgehead atoms. The lowest BCUT2D eigenvalue weighted by atomic mass is 10.1. The van der Waals surface area contributed by atoms with E-state index in [1.54, 1.807) is 12.1 Å². The van der Waals surface area contributed by atoms with E-state index in [9.17, 15) is 5.21 Å². The largest absolute Gasteiger partial charge is 0.435 e. The van der Waals surface area contributed by atoms with Gasteiger partial charge < -0.3 is 4.84 Å². The summed E-state index contributed by atoms with van der Waals surface area (Å²) >= 11 is 0. The quantitative estimate of drug-likeness (QED) is 0.564. The van der Waals surface area contributed by atoms with Gasteiger partial charge in [0.2, 0.25) is 0 Å². The minimum Gasteiger partial charge on any atom is -0.435 e. The van der Waals surface area contributed by atoms with Gasteiger partial charge >= 0.3 is 0 Å². The molecule has 1 unspecified atom stereocenters. The molecule has 5 heteroatoms. The van der Waals surface area contributed by atoms with Gasteiger partial charge in [-0.1, -0.05) is 0 Å². The van der Waals surface area contributed by atoms with Crippen molar-refractivity contribution in [2.45, 2.75) is 26.3 Å². The summed E-state index contributed by atoms with van der Waals surface area (Å²) in [5, 5.41) is 10.7. The summed E-state index contributed by atoms with van der Waals surface area (Å²) < 4.78 is 0. The Morgan fingerprint density at radius 3 is 2.18 bits per heavy atom. The number of hydrogen-bond donors (Lipinski definition) is 2. The molecule has 0 aliphatic heterocycles. The van der Waals surface area contributed by atoms with E-state index in [0.717, 1.165) is 0 Å². The highest BCUT2D eigenvalue weighted by atomic mass is 16.8. The van der Waals surface area contributed by atoms with Crippen LogP contribution in [-0.4, -0.2) is 29.9 Å². The van der Waals surface area contributed by atoms with Gasteiger partial charge in [0, 0.05) is 14.2 Å². The maximum Gasteiger partial charge on any atom is 0.0633 e. The predicted octanol–water partition coefficient (Wildman–Crippen LogP) is -0.244. The molecule has 0 saturated carbocycles. The van der Waals surface area contributed by atoms with Gasteiger partial charge in [0.15, 0.2) is 0 Å². The van der Waals surface area contributed by atoms with E-state index in [1.165, 1.54) is 7.11 Å². The standard InChI is InChI=1S/C6H17N3O2/c1-6(2,3)8(4)9(10)7-11-5/h9-10H,1-5H3. The second-order valence-electron chi connectivity index (χ2n) is 3.30. The molecule has 0 fully saturated rings. The highest BCUT2D eigenvalue weighted by Crippen LogP contribution is 2.04. The van der Waals surface area contributed by atoms with Gasteiger partial charge in [-0.2, -0.15) is 5.28 Å². The maximum atomic E-state index is 9.20. The predicted molar refractivity (Wildman–Crippen MR) is 40.6 cm³/mol. The van der Waals surface area contributed by atoms with Crippen LogP contribution in [0, 0.1) is 0 Å². The van der Waals surface area contributed by atoms with Crippen LogP contribution >= 0.6 is 0 Å². The Balaban J connectivity index is 3.91. The normalized spacial score (nSPS) is 15.5. The highest BCUT2D eigenvalue weighted by molar-refractivity contribution is 4.64. The van der Waals surface area contributed by atoms with Crippen molar-refractivity contribution in [3.63, 3.8) is 0 Å². The van der Waals surface area contributed by atoms with E-state index in [-0.39, 0.29) is 10.8 Å². The molecule has 0 radical (unpaired) electrons. The van der Waals surface area contributed by atoms with Crippen molar-refractivity contribution < 1.29 is 15.3 Å². The molecule has 0 spiro atoms. The van der Waals surface area contributed by atoms with Crippen molar-refractivity contribution in [1.82, 2.24) is 5.01 Å². The molecule has 0 aromatic rings. The minimum atomic E-state index is -0.147. The maximum absolute atomic E-state index is 9.20. The topological polar surface area (TPSA) is 51.2 Å². The van der Waals surface area contributed by atoms with E-state index in [0.29, 0.717) is 0 Å². The van der Waals surface area contributed by atoms with Crippen molar-refractivity contribution in [2.75, 3.05) is 14.2 Å². The number of quaternary nitrogens is 1. The van der Waals surface area contributed by atoms with E-state index >= 15 is 0 Å². The summed E-state index contributed by atoms with van der Waals surface area (Å²) in [6.45, 7) is 5.90. The number of nitrogens with zero attached hydrogens (tertiary/aromatic N) is 2. The fraction of sp³-hybridized carbons (Fsp3) is 1.00. The smallest absolute Gasteiger partial charge is 0.0633 e. The summed E-state index contributed by atoms with van der Waals surface area (Å²) in [6.07, 6.45) is 0. The van der Waals surface area contributed by atoms with Crippen LogP contribution in [-0.2, 0) is 4.84 Å². The van der Waals surface area contributed by atoms with Gasteiger partial charge in [0.25, 0.3) is 0 Å². The van der Waals surface area contributed by atoms with E-state index < -0.39 is 0 Å². The third kappa shape index (κ3) is 3.64. The van der Waals surface area contributed by atoms with Crippen LogP contribution in [0.3, 0.4) is 0 Å². The van der Waals surface area contributed by atoms with Crippen molar-refractivity contribution in [1.29, 1.82) is 0 Å². The lowest BCUT2D eigenvalue weighted by molar-refractivity contribution is -1.16. The monoisotopic (exact) mass is 163 g/mol.